The Balaban J connectivity index is 1.49. The molecule has 3 N–H and O–H groups in total. The molecule has 0 atom stereocenters. The number of nitrogens with one attached hydrogen (secondary N) is 3. The molecule has 35 heavy (non-hydrogen) atoms. The van der Waals surface area contributed by atoms with E-state index in [-0.39, 0.29) is 12.5 Å². The summed E-state index contributed by atoms with van der Waals surface area (Å²) in [5.74, 6) is -1.38. The molecule has 0 bridgehead atoms. The van der Waals surface area contributed by atoms with Crippen molar-refractivity contribution in [1.29, 1.82) is 0 Å². The van der Waals surface area contributed by atoms with Gasteiger partial charge >= 0.3 is 11.8 Å². The van der Waals surface area contributed by atoms with Crippen molar-refractivity contribution >= 4 is 41.2 Å². The number of ether oxygens (including phenoxy) is 2. The molecule has 0 aromatic heterocycles. The van der Waals surface area contributed by atoms with Crippen molar-refractivity contribution in [3.05, 3.63) is 88.9 Å². The Bertz CT molecular complexity index is 1220. The Labute approximate surface area is 207 Å². The highest BCUT2D eigenvalue weighted by atomic mass is 35.5. The molecule has 180 valence electrons. The van der Waals surface area contributed by atoms with Gasteiger partial charge in [0.25, 0.3) is 5.91 Å². The first kappa shape index (κ1) is 25.3. The van der Waals surface area contributed by atoms with Crippen LogP contribution in [-0.4, -0.2) is 37.7 Å². The van der Waals surface area contributed by atoms with Crippen molar-refractivity contribution in [2.45, 2.75) is 6.54 Å². The molecule has 0 spiro atoms. The van der Waals surface area contributed by atoms with Gasteiger partial charge in [0.15, 0.2) is 18.1 Å². The third kappa shape index (κ3) is 8.17. The first-order valence-electron chi connectivity index (χ1n) is 10.5. The first-order chi connectivity index (χ1) is 16.9. The van der Waals surface area contributed by atoms with Crippen LogP contribution in [0.3, 0.4) is 0 Å². The van der Waals surface area contributed by atoms with E-state index in [1.54, 1.807) is 36.4 Å². The zero-order chi connectivity index (χ0) is 25.0. The lowest BCUT2D eigenvalue weighted by Crippen LogP contribution is -2.32. The van der Waals surface area contributed by atoms with Gasteiger partial charge in [-0.1, -0.05) is 48.0 Å². The molecule has 0 unspecified atom stereocenters. The molecule has 0 radical (unpaired) electrons. The fourth-order valence-corrected chi connectivity index (χ4v) is 3.04. The standard InChI is InChI=1S/C25H23ClN4O5/c1-34-22-12-18(15-28-30-25(33)24(32)29-20-9-5-8-19(26)13-20)10-11-21(22)35-16-23(31)27-14-17-6-3-2-4-7-17/h2-13,15H,14,16H2,1H3,(H,27,31)(H,29,32)(H,30,33)/b28-15-. The first-order valence-corrected chi connectivity index (χ1v) is 10.8. The van der Waals surface area contributed by atoms with Crippen molar-refractivity contribution < 1.29 is 23.9 Å². The van der Waals surface area contributed by atoms with Crippen LogP contribution in [-0.2, 0) is 20.9 Å². The molecular weight excluding hydrogens is 472 g/mol. The largest absolute Gasteiger partial charge is 0.493 e. The van der Waals surface area contributed by atoms with E-state index in [9.17, 15) is 14.4 Å². The normalized spacial score (nSPS) is 10.5. The summed E-state index contributed by atoms with van der Waals surface area (Å²) in [6, 6.07) is 20.8. The molecule has 0 saturated carbocycles. The third-order valence-electron chi connectivity index (χ3n) is 4.55. The average molecular weight is 495 g/mol. The Kier molecular flexibility index (Phi) is 9.21. The number of hydrogen-bond acceptors (Lipinski definition) is 6. The molecule has 0 heterocycles. The molecule has 9 nitrogen and oxygen atoms in total. The summed E-state index contributed by atoms with van der Waals surface area (Å²) < 4.78 is 10.9. The van der Waals surface area contributed by atoms with Crippen LogP contribution in [0.2, 0.25) is 5.02 Å². The number of methoxy groups -OCH3 is 1. The lowest BCUT2D eigenvalue weighted by atomic mass is 10.2. The van der Waals surface area contributed by atoms with Crippen LogP contribution >= 0.6 is 11.6 Å². The molecule has 3 rings (SSSR count). The molecule has 0 aliphatic heterocycles. The van der Waals surface area contributed by atoms with Gasteiger partial charge in [0.2, 0.25) is 0 Å². The summed E-state index contributed by atoms with van der Waals surface area (Å²) in [7, 11) is 1.46. The van der Waals surface area contributed by atoms with E-state index < -0.39 is 11.8 Å². The van der Waals surface area contributed by atoms with Crippen molar-refractivity contribution in [2.24, 2.45) is 5.10 Å². The summed E-state index contributed by atoms with van der Waals surface area (Å²) >= 11 is 5.85. The van der Waals surface area contributed by atoms with Gasteiger partial charge < -0.3 is 20.1 Å². The maximum absolute atomic E-state index is 12.1. The van der Waals surface area contributed by atoms with Crippen LogP contribution in [0.4, 0.5) is 5.69 Å². The Hall–Kier alpha value is -4.37. The number of hydrazone groups is 1. The van der Waals surface area contributed by atoms with Gasteiger partial charge in [-0.3, -0.25) is 14.4 Å². The van der Waals surface area contributed by atoms with E-state index in [1.165, 1.54) is 19.4 Å². The van der Waals surface area contributed by atoms with E-state index in [0.29, 0.717) is 34.3 Å². The van der Waals surface area contributed by atoms with Gasteiger partial charge in [0, 0.05) is 17.3 Å². The maximum Gasteiger partial charge on any atom is 0.329 e. The number of carbonyl (C=O) groups excluding carboxylic acids is 3. The summed E-state index contributed by atoms with van der Waals surface area (Å²) in [6.45, 7) is 0.215. The number of anilines is 1. The van der Waals surface area contributed by atoms with Crippen molar-refractivity contribution in [3.63, 3.8) is 0 Å². The van der Waals surface area contributed by atoms with Gasteiger partial charge in [-0.15, -0.1) is 0 Å². The number of halogens is 1. The average Bonchev–Trinajstić information content (AvgIpc) is 2.87. The van der Waals surface area contributed by atoms with Crippen molar-refractivity contribution in [1.82, 2.24) is 10.7 Å². The van der Waals surface area contributed by atoms with Gasteiger partial charge in [-0.05, 0) is 47.5 Å². The van der Waals surface area contributed by atoms with Crippen LogP contribution < -0.4 is 25.5 Å². The number of hydrogen-bond donors (Lipinski definition) is 3. The fraction of sp³-hybridized carbons (Fsp3) is 0.120. The maximum atomic E-state index is 12.1. The fourth-order valence-electron chi connectivity index (χ4n) is 2.84. The van der Waals surface area contributed by atoms with Gasteiger partial charge in [0.1, 0.15) is 0 Å². The van der Waals surface area contributed by atoms with E-state index in [1.807, 2.05) is 30.3 Å². The Morgan fingerprint density at radius 1 is 0.943 bits per heavy atom. The molecule has 10 heteroatoms. The van der Waals surface area contributed by atoms with E-state index in [2.05, 4.69) is 21.2 Å². The molecule has 0 fully saturated rings. The smallest absolute Gasteiger partial charge is 0.329 e. The molecule has 0 saturated heterocycles. The highest BCUT2D eigenvalue weighted by Gasteiger charge is 2.13. The summed E-state index contributed by atoms with van der Waals surface area (Å²) in [4.78, 5) is 36.0. The number of benzene rings is 3. The minimum atomic E-state index is -0.949. The topological polar surface area (TPSA) is 118 Å². The monoisotopic (exact) mass is 494 g/mol. The molecule has 0 aliphatic rings. The minimum Gasteiger partial charge on any atom is -0.493 e. The summed E-state index contributed by atoms with van der Waals surface area (Å²) in [5, 5.41) is 9.41. The lowest BCUT2D eigenvalue weighted by molar-refractivity contribution is -0.136. The zero-order valence-corrected chi connectivity index (χ0v) is 19.5. The van der Waals surface area contributed by atoms with Crippen molar-refractivity contribution in [3.8, 4) is 11.5 Å². The predicted octanol–water partition coefficient (Wildman–Crippen LogP) is 3.13. The molecule has 0 aliphatic carbocycles. The molecule has 3 aromatic carbocycles. The summed E-state index contributed by atoms with van der Waals surface area (Å²) in [6.07, 6.45) is 1.34. The Morgan fingerprint density at radius 3 is 2.49 bits per heavy atom. The zero-order valence-electron chi connectivity index (χ0n) is 18.8. The van der Waals surface area contributed by atoms with E-state index in [4.69, 9.17) is 21.1 Å². The number of amides is 3. The molecular formula is C25H23ClN4O5. The second-order valence-electron chi connectivity index (χ2n) is 7.12. The second kappa shape index (κ2) is 12.8. The van der Waals surface area contributed by atoms with E-state index in [0.717, 1.165) is 5.56 Å². The Morgan fingerprint density at radius 2 is 1.74 bits per heavy atom. The van der Waals surface area contributed by atoms with Gasteiger partial charge in [-0.2, -0.15) is 5.10 Å². The van der Waals surface area contributed by atoms with Crippen LogP contribution in [0.25, 0.3) is 0 Å². The highest BCUT2D eigenvalue weighted by molar-refractivity contribution is 6.39. The SMILES string of the molecule is COc1cc(/C=N\NC(=O)C(=O)Nc2cccc(Cl)c2)ccc1OCC(=O)NCc1ccccc1. The van der Waals surface area contributed by atoms with Crippen molar-refractivity contribution in [2.75, 3.05) is 19.0 Å². The lowest BCUT2D eigenvalue weighted by Gasteiger charge is -2.11. The predicted molar refractivity (Wildman–Crippen MR) is 133 cm³/mol. The quantitative estimate of drug-likeness (QED) is 0.240. The van der Waals surface area contributed by atoms with Gasteiger partial charge in [0.05, 0.1) is 13.3 Å². The second-order valence-corrected chi connectivity index (χ2v) is 7.56. The van der Waals surface area contributed by atoms with Crippen LogP contribution in [0.5, 0.6) is 11.5 Å². The molecule has 3 aromatic rings. The molecule has 3 amide bonds. The van der Waals surface area contributed by atoms with E-state index >= 15 is 0 Å². The highest BCUT2D eigenvalue weighted by Crippen LogP contribution is 2.27. The third-order valence-corrected chi connectivity index (χ3v) is 4.78. The number of nitrogens with zero attached hydrogens (tertiary/aromatic N) is 1. The summed E-state index contributed by atoms with van der Waals surface area (Å²) in [5.41, 5.74) is 4.08. The van der Waals surface area contributed by atoms with Crippen LogP contribution in [0, 0.1) is 0 Å². The number of rotatable bonds is 9. The van der Waals surface area contributed by atoms with Crippen LogP contribution in [0.1, 0.15) is 11.1 Å². The number of carbonyl (C=O) groups is 3. The van der Waals surface area contributed by atoms with Crippen LogP contribution in [0.15, 0.2) is 77.9 Å². The minimum absolute atomic E-state index is 0.186. The van der Waals surface area contributed by atoms with Gasteiger partial charge in [-0.25, -0.2) is 5.43 Å².